The Morgan fingerprint density at radius 1 is 1.00 bits per heavy atom. The highest BCUT2D eigenvalue weighted by Gasteiger charge is 2.19. The van der Waals surface area contributed by atoms with E-state index in [9.17, 15) is 9.59 Å². The summed E-state index contributed by atoms with van der Waals surface area (Å²) in [5.74, 6) is -0.254. The van der Waals surface area contributed by atoms with Gasteiger partial charge in [-0.2, -0.15) is 0 Å². The maximum Gasteiger partial charge on any atom is 0.263 e. The molecule has 158 valence electrons. The number of nitrogens with one attached hydrogen (secondary N) is 1. The van der Waals surface area contributed by atoms with Gasteiger partial charge in [0.2, 0.25) is 5.91 Å². The van der Waals surface area contributed by atoms with E-state index in [1.165, 1.54) is 10.9 Å². The highest BCUT2D eigenvalue weighted by Crippen LogP contribution is 2.25. The van der Waals surface area contributed by atoms with Crippen molar-refractivity contribution in [2.45, 2.75) is 41.2 Å². The number of carbonyl (C=O) groups is 1. The van der Waals surface area contributed by atoms with E-state index in [0.29, 0.717) is 11.0 Å². The summed E-state index contributed by atoms with van der Waals surface area (Å²) in [5.41, 5.74) is 7.10. The molecule has 6 heteroatoms. The van der Waals surface area contributed by atoms with E-state index in [2.05, 4.69) is 10.3 Å². The average Bonchev–Trinajstić information content (AvgIpc) is 2.98. The zero-order valence-electron chi connectivity index (χ0n) is 18.5. The highest BCUT2D eigenvalue weighted by atomic mass is 16.2. The SMILES string of the molecule is Cc1cc(C)c(NC(=O)Cn2cnc3c(c(C)c(C)n3-c3ccccc3)c2=O)c(C)c1. The van der Waals surface area contributed by atoms with Crippen molar-refractivity contribution in [1.29, 1.82) is 0 Å². The molecule has 0 atom stereocenters. The number of aromatic nitrogens is 3. The molecule has 0 unspecified atom stereocenters. The molecule has 0 fully saturated rings. The smallest absolute Gasteiger partial charge is 0.263 e. The first kappa shape index (κ1) is 20.6. The van der Waals surface area contributed by atoms with E-state index in [0.717, 1.165) is 39.3 Å². The van der Waals surface area contributed by atoms with Crippen molar-refractivity contribution < 1.29 is 4.79 Å². The van der Waals surface area contributed by atoms with Crippen LogP contribution in [0.1, 0.15) is 27.9 Å². The zero-order chi connectivity index (χ0) is 22.3. The Morgan fingerprint density at radius 2 is 1.65 bits per heavy atom. The molecule has 31 heavy (non-hydrogen) atoms. The van der Waals surface area contributed by atoms with E-state index in [-0.39, 0.29) is 18.0 Å². The van der Waals surface area contributed by atoms with Gasteiger partial charge in [-0.05, 0) is 63.4 Å². The maximum absolute atomic E-state index is 13.2. The first-order valence-electron chi connectivity index (χ1n) is 10.3. The summed E-state index contributed by atoms with van der Waals surface area (Å²) in [6.07, 6.45) is 1.46. The highest BCUT2D eigenvalue weighted by molar-refractivity contribution is 5.92. The van der Waals surface area contributed by atoms with Gasteiger partial charge in [-0.15, -0.1) is 0 Å². The van der Waals surface area contributed by atoms with Gasteiger partial charge in [0.15, 0.2) is 5.65 Å². The van der Waals surface area contributed by atoms with Crippen molar-refractivity contribution in [2.24, 2.45) is 0 Å². The predicted octanol–water partition coefficient (Wildman–Crippen LogP) is 4.37. The van der Waals surface area contributed by atoms with Crippen LogP contribution in [0.2, 0.25) is 0 Å². The quantitative estimate of drug-likeness (QED) is 0.539. The van der Waals surface area contributed by atoms with Crippen LogP contribution < -0.4 is 10.9 Å². The molecule has 0 saturated carbocycles. The normalized spacial score (nSPS) is 11.1. The van der Waals surface area contributed by atoms with Crippen LogP contribution in [-0.4, -0.2) is 20.0 Å². The number of amides is 1. The monoisotopic (exact) mass is 414 g/mol. The van der Waals surface area contributed by atoms with Gasteiger partial charge in [-0.1, -0.05) is 35.9 Å². The van der Waals surface area contributed by atoms with Gasteiger partial charge in [0.25, 0.3) is 5.56 Å². The summed E-state index contributed by atoms with van der Waals surface area (Å²) in [7, 11) is 0. The summed E-state index contributed by atoms with van der Waals surface area (Å²) in [6.45, 7) is 9.76. The van der Waals surface area contributed by atoms with Crippen LogP contribution in [0.3, 0.4) is 0 Å². The second-order valence-corrected chi connectivity index (χ2v) is 8.08. The molecule has 2 heterocycles. The number of carbonyl (C=O) groups excluding carboxylic acids is 1. The van der Waals surface area contributed by atoms with Crippen LogP contribution in [0.4, 0.5) is 5.69 Å². The Labute approximate surface area is 181 Å². The number of rotatable bonds is 4. The largest absolute Gasteiger partial charge is 0.324 e. The minimum atomic E-state index is -0.254. The molecule has 0 bridgehead atoms. The molecular weight excluding hydrogens is 388 g/mol. The van der Waals surface area contributed by atoms with Crippen molar-refractivity contribution in [3.8, 4) is 5.69 Å². The van der Waals surface area contributed by atoms with Crippen LogP contribution >= 0.6 is 0 Å². The van der Waals surface area contributed by atoms with Crippen LogP contribution in [0.15, 0.2) is 53.6 Å². The minimum absolute atomic E-state index is 0.0937. The molecule has 2 aromatic carbocycles. The van der Waals surface area contributed by atoms with E-state index >= 15 is 0 Å². The third kappa shape index (κ3) is 3.65. The molecule has 1 N–H and O–H groups in total. The molecule has 2 aromatic heterocycles. The Morgan fingerprint density at radius 3 is 2.29 bits per heavy atom. The molecule has 4 rings (SSSR count). The zero-order valence-corrected chi connectivity index (χ0v) is 18.5. The van der Waals surface area contributed by atoms with Crippen LogP contribution in [-0.2, 0) is 11.3 Å². The maximum atomic E-state index is 13.2. The fourth-order valence-electron chi connectivity index (χ4n) is 4.20. The van der Waals surface area contributed by atoms with Crippen LogP contribution in [0, 0.1) is 34.6 Å². The van der Waals surface area contributed by atoms with E-state index < -0.39 is 0 Å². The van der Waals surface area contributed by atoms with Crippen molar-refractivity contribution in [3.05, 3.63) is 87.1 Å². The number of hydrogen-bond donors (Lipinski definition) is 1. The van der Waals surface area contributed by atoms with Crippen LogP contribution in [0.25, 0.3) is 16.7 Å². The number of para-hydroxylation sites is 1. The van der Waals surface area contributed by atoms with Crippen molar-refractivity contribution in [3.63, 3.8) is 0 Å². The molecule has 0 saturated heterocycles. The number of anilines is 1. The van der Waals surface area contributed by atoms with Crippen LogP contribution in [0.5, 0.6) is 0 Å². The predicted molar refractivity (Wildman–Crippen MR) is 124 cm³/mol. The van der Waals surface area contributed by atoms with Gasteiger partial charge in [-0.25, -0.2) is 4.98 Å². The van der Waals surface area contributed by atoms with Gasteiger partial charge >= 0.3 is 0 Å². The Balaban J connectivity index is 1.70. The van der Waals surface area contributed by atoms with E-state index in [1.807, 2.05) is 81.7 Å². The minimum Gasteiger partial charge on any atom is -0.324 e. The second kappa shape index (κ2) is 7.87. The average molecular weight is 415 g/mol. The summed E-state index contributed by atoms with van der Waals surface area (Å²) >= 11 is 0. The number of nitrogens with zero attached hydrogens (tertiary/aromatic N) is 3. The molecule has 0 aliphatic carbocycles. The molecule has 6 nitrogen and oxygen atoms in total. The first-order valence-corrected chi connectivity index (χ1v) is 10.3. The van der Waals surface area contributed by atoms with Gasteiger partial charge in [0.05, 0.1) is 5.39 Å². The van der Waals surface area contributed by atoms with Crippen molar-refractivity contribution >= 4 is 22.6 Å². The van der Waals surface area contributed by atoms with Gasteiger partial charge in [-0.3, -0.25) is 18.7 Å². The third-order valence-corrected chi connectivity index (χ3v) is 5.75. The van der Waals surface area contributed by atoms with Crippen molar-refractivity contribution in [1.82, 2.24) is 14.1 Å². The van der Waals surface area contributed by atoms with Gasteiger partial charge in [0, 0.05) is 17.1 Å². The fourth-order valence-corrected chi connectivity index (χ4v) is 4.20. The lowest BCUT2D eigenvalue weighted by atomic mass is 10.1. The standard InChI is InChI=1S/C25H26N4O2/c1-15-11-16(2)23(17(3)12-15)27-21(30)13-28-14-26-24-22(25(28)31)18(4)19(5)29(24)20-9-7-6-8-10-20/h6-12,14H,13H2,1-5H3,(H,27,30). The number of aryl methyl sites for hydroxylation is 4. The number of fused-ring (bicyclic) bond motifs is 1. The lowest BCUT2D eigenvalue weighted by Gasteiger charge is -2.13. The first-order chi connectivity index (χ1) is 14.8. The molecule has 0 spiro atoms. The third-order valence-electron chi connectivity index (χ3n) is 5.75. The van der Waals surface area contributed by atoms with E-state index in [4.69, 9.17) is 0 Å². The Bertz CT molecular complexity index is 1340. The Hall–Kier alpha value is -3.67. The summed E-state index contributed by atoms with van der Waals surface area (Å²) in [6, 6.07) is 13.9. The number of hydrogen-bond acceptors (Lipinski definition) is 3. The molecular formula is C25H26N4O2. The van der Waals surface area contributed by atoms with Gasteiger partial charge in [0.1, 0.15) is 12.9 Å². The second-order valence-electron chi connectivity index (χ2n) is 8.08. The summed E-state index contributed by atoms with van der Waals surface area (Å²) in [5, 5.41) is 3.50. The molecule has 0 aliphatic heterocycles. The molecule has 1 amide bonds. The van der Waals surface area contributed by atoms with E-state index in [1.54, 1.807) is 0 Å². The molecule has 4 aromatic rings. The molecule has 0 aliphatic rings. The molecule has 0 radical (unpaired) electrons. The van der Waals surface area contributed by atoms with Gasteiger partial charge < -0.3 is 5.32 Å². The summed E-state index contributed by atoms with van der Waals surface area (Å²) < 4.78 is 3.35. The topological polar surface area (TPSA) is 68.9 Å². The lowest BCUT2D eigenvalue weighted by Crippen LogP contribution is -2.28. The summed E-state index contributed by atoms with van der Waals surface area (Å²) in [4.78, 5) is 30.5. The number of benzene rings is 2. The van der Waals surface area contributed by atoms with Crippen molar-refractivity contribution in [2.75, 3.05) is 5.32 Å². The lowest BCUT2D eigenvalue weighted by molar-refractivity contribution is -0.116. The Kier molecular flexibility index (Phi) is 5.23. The fraction of sp³-hybridized carbons (Fsp3) is 0.240.